The number of aliphatic carboxylic acids is 1. The highest BCUT2D eigenvalue weighted by Crippen LogP contribution is 2.25. The van der Waals surface area contributed by atoms with Crippen molar-refractivity contribution < 1.29 is 14.7 Å². The van der Waals surface area contributed by atoms with Crippen LogP contribution in [0.2, 0.25) is 0 Å². The quantitative estimate of drug-likeness (QED) is 0.840. The second-order valence-electron chi connectivity index (χ2n) is 4.85. The maximum Gasteiger partial charge on any atom is 0.321 e. The normalized spacial score (nSPS) is 10.9. The van der Waals surface area contributed by atoms with E-state index in [2.05, 4.69) is 5.32 Å². The Morgan fingerprint density at radius 2 is 1.75 bits per heavy atom. The van der Waals surface area contributed by atoms with Crippen molar-refractivity contribution in [2.45, 2.75) is 26.7 Å². The van der Waals surface area contributed by atoms with Gasteiger partial charge in [0.2, 0.25) is 0 Å². The van der Waals surface area contributed by atoms with Crippen LogP contribution in [0.3, 0.4) is 0 Å². The van der Waals surface area contributed by atoms with Crippen LogP contribution in [0.4, 0.5) is 10.5 Å². The smallest absolute Gasteiger partial charge is 0.321 e. The minimum Gasteiger partial charge on any atom is -0.481 e. The molecule has 0 aliphatic rings. The number of nitrogens with zero attached hydrogens (tertiary/aromatic N) is 1. The fourth-order valence-electron chi connectivity index (χ4n) is 2.01. The molecule has 5 heteroatoms. The predicted octanol–water partition coefficient (Wildman–Crippen LogP) is 2.72. The molecule has 1 aromatic carbocycles. The highest BCUT2D eigenvalue weighted by molar-refractivity contribution is 5.91. The number of rotatable bonds is 6. The maximum atomic E-state index is 12.1. The number of carboxylic acid groups (broad SMARTS) is 1. The molecule has 1 rings (SSSR count). The van der Waals surface area contributed by atoms with Crippen molar-refractivity contribution in [3.63, 3.8) is 0 Å². The molecule has 5 nitrogen and oxygen atoms in total. The third-order valence-electron chi connectivity index (χ3n) is 3.83. The van der Waals surface area contributed by atoms with Crippen molar-refractivity contribution >= 4 is 17.7 Å². The molecule has 0 saturated heterocycles. The van der Waals surface area contributed by atoms with Crippen LogP contribution in [-0.4, -0.2) is 30.7 Å². The lowest BCUT2D eigenvalue weighted by atomic mass is 9.82. The lowest BCUT2D eigenvalue weighted by molar-refractivity contribution is -0.149. The zero-order valence-corrected chi connectivity index (χ0v) is 12.2. The van der Waals surface area contributed by atoms with E-state index in [1.165, 1.54) is 4.90 Å². The number of urea groups is 1. The van der Waals surface area contributed by atoms with Crippen LogP contribution in [0.1, 0.15) is 26.7 Å². The second kappa shape index (κ2) is 6.93. The van der Waals surface area contributed by atoms with Gasteiger partial charge in [-0.3, -0.25) is 9.69 Å². The number of nitrogens with one attached hydrogen (secondary N) is 1. The molecule has 2 N–H and O–H groups in total. The Kier molecular flexibility index (Phi) is 5.55. The monoisotopic (exact) mass is 278 g/mol. The number of amides is 2. The highest BCUT2D eigenvalue weighted by Gasteiger charge is 2.35. The topological polar surface area (TPSA) is 69.6 Å². The van der Waals surface area contributed by atoms with Gasteiger partial charge in [-0.2, -0.15) is 0 Å². The summed E-state index contributed by atoms with van der Waals surface area (Å²) in [5.74, 6) is -0.870. The fourth-order valence-corrected chi connectivity index (χ4v) is 2.01. The van der Waals surface area contributed by atoms with Crippen LogP contribution < -0.4 is 10.2 Å². The van der Waals surface area contributed by atoms with Crippen LogP contribution in [0.25, 0.3) is 0 Å². The van der Waals surface area contributed by atoms with Gasteiger partial charge in [-0.25, -0.2) is 4.79 Å². The molecule has 0 aliphatic heterocycles. The van der Waals surface area contributed by atoms with Gasteiger partial charge in [0.05, 0.1) is 5.41 Å². The maximum absolute atomic E-state index is 12.1. The Balaban J connectivity index is 2.69. The van der Waals surface area contributed by atoms with E-state index >= 15 is 0 Å². The number of carbonyl (C=O) groups excluding carboxylic acids is 1. The standard InChI is InChI=1S/C15H22N2O3/c1-4-15(5-2,13(18)19)11-16-14(20)17(3)12-9-7-6-8-10-12/h6-10H,4-5,11H2,1-3H3,(H,16,20)(H,18,19). The SMILES string of the molecule is CCC(CC)(CNC(=O)N(C)c1ccccc1)C(=O)O. The molecule has 0 spiro atoms. The van der Waals surface area contributed by atoms with Crippen molar-refractivity contribution in [3.8, 4) is 0 Å². The van der Waals surface area contributed by atoms with Gasteiger partial charge in [-0.15, -0.1) is 0 Å². The third-order valence-corrected chi connectivity index (χ3v) is 3.83. The van der Waals surface area contributed by atoms with E-state index in [1.54, 1.807) is 7.05 Å². The number of para-hydroxylation sites is 1. The Morgan fingerprint density at radius 1 is 1.20 bits per heavy atom. The van der Waals surface area contributed by atoms with E-state index < -0.39 is 11.4 Å². The Hall–Kier alpha value is -2.04. The van der Waals surface area contributed by atoms with Crippen LogP contribution >= 0.6 is 0 Å². The van der Waals surface area contributed by atoms with Gasteiger partial charge in [0.15, 0.2) is 0 Å². The number of carboxylic acids is 1. The van der Waals surface area contributed by atoms with Crippen LogP contribution in [0.5, 0.6) is 0 Å². The summed E-state index contributed by atoms with van der Waals surface area (Å²) < 4.78 is 0. The first-order valence-corrected chi connectivity index (χ1v) is 6.77. The molecule has 0 saturated carbocycles. The summed E-state index contributed by atoms with van der Waals surface area (Å²) in [5, 5.41) is 12.0. The van der Waals surface area contributed by atoms with E-state index in [4.69, 9.17) is 0 Å². The molecule has 110 valence electrons. The molecule has 0 aliphatic carbocycles. The Morgan fingerprint density at radius 3 is 2.20 bits per heavy atom. The molecule has 0 heterocycles. The third kappa shape index (κ3) is 3.50. The summed E-state index contributed by atoms with van der Waals surface area (Å²) in [6, 6.07) is 8.91. The summed E-state index contributed by atoms with van der Waals surface area (Å²) in [5.41, 5.74) is -0.133. The molecule has 2 amide bonds. The predicted molar refractivity (Wildman–Crippen MR) is 78.9 cm³/mol. The minimum atomic E-state index is -0.896. The molecule has 0 atom stereocenters. The van der Waals surface area contributed by atoms with E-state index in [-0.39, 0.29) is 12.6 Å². The van der Waals surface area contributed by atoms with Crippen molar-refractivity contribution in [2.75, 3.05) is 18.5 Å². The van der Waals surface area contributed by atoms with Gasteiger partial charge in [0.25, 0.3) is 0 Å². The molecule has 0 aromatic heterocycles. The molecular formula is C15H22N2O3. The van der Waals surface area contributed by atoms with Crippen LogP contribution in [0, 0.1) is 5.41 Å². The number of hydrogen-bond donors (Lipinski definition) is 2. The lowest BCUT2D eigenvalue weighted by Crippen LogP contribution is -2.46. The Bertz CT molecular complexity index is 455. The first kappa shape index (κ1) is 16.0. The molecule has 0 radical (unpaired) electrons. The minimum absolute atomic E-state index is 0.130. The highest BCUT2D eigenvalue weighted by atomic mass is 16.4. The molecule has 0 bridgehead atoms. The molecule has 0 fully saturated rings. The zero-order chi connectivity index (χ0) is 15.2. The summed E-state index contributed by atoms with van der Waals surface area (Å²) in [7, 11) is 1.66. The molecule has 20 heavy (non-hydrogen) atoms. The lowest BCUT2D eigenvalue weighted by Gasteiger charge is -2.28. The van der Waals surface area contributed by atoms with Gasteiger partial charge >= 0.3 is 12.0 Å². The molecule has 0 unspecified atom stereocenters. The van der Waals surface area contributed by atoms with Crippen molar-refractivity contribution in [3.05, 3.63) is 30.3 Å². The number of hydrogen-bond acceptors (Lipinski definition) is 2. The first-order chi connectivity index (χ1) is 9.46. The second-order valence-corrected chi connectivity index (χ2v) is 4.85. The van der Waals surface area contributed by atoms with Gasteiger partial charge in [0, 0.05) is 19.3 Å². The largest absolute Gasteiger partial charge is 0.481 e. The van der Waals surface area contributed by atoms with Gasteiger partial charge in [-0.1, -0.05) is 32.0 Å². The number of anilines is 1. The van der Waals surface area contributed by atoms with Crippen LogP contribution in [-0.2, 0) is 4.79 Å². The molecule has 1 aromatic rings. The van der Waals surface area contributed by atoms with E-state index in [1.807, 2.05) is 44.2 Å². The van der Waals surface area contributed by atoms with Crippen molar-refractivity contribution in [1.82, 2.24) is 5.32 Å². The van der Waals surface area contributed by atoms with Gasteiger partial charge in [-0.05, 0) is 25.0 Å². The first-order valence-electron chi connectivity index (χ1n) is 6.77. The summed E-state index contributed by atoms with van der Waals surface area (Å²) in [6.45, 7) is 3.78. The Labute approximate surface area is 119 Å². The van der Waals surface area contributed by atoms with Crippen molar-refractivity contribution in [1.29, 1.82) is 0 Å². The average molecular weight is 278 g/mol. The summed E-state index contributed by atoms with van der Waals surface area (Å²) in [6.07, 6.45) is 0.961. The molecular weight excluding hydrogens is 256 g/mol. The summed E-state index contributed by atoms with van der Waals surface area (Å²) >= 11 is 0. The van der Waals surface area contributed by atoms with E-state index in [9.17, 15) is 14.7 Å². The zero-order valence-electron chi connectivity index (χ0n) is 12.2. The van der Waals surface area contributed by atoms with Crippen molar-refractivity contribution in [2.24, 2.45) is 5.41 Å². The number of benzene rings is 1. The average Bonchev–Trinajstić information content (AvgIpc) is 2.48. The fraction of sp³-hybridized carbons (Fsp3) is 0.467. The number of carbonyl (C=O) groups is 2. The van der Waals surface area contributed by atoms with Gasteiger partial charge < -0.3 is 10.4 Å². The van der Waals surface area contributed by atoms with E-state index in [0.717, 1.165) is 5.69 Å². The van der Waals surface area contributed by atoms with Crippen LogP contribution in [0.15, 0.2) is 30.3 Å². The summed E-state index contributed by atoms with van der Waals surface area (Å²) in [4.78, 5) is 24.9. The van der Waals surface area contributed by atoms with Gasteiger partial charge in [0.1, 0.15) is 0 Å². The van der Waals surface area contributed by atoms with E-state index in [0.29, 0.717) is 12.8 Å².